The lowest BCUT2D eigenvalue weighted by atomic mass is 10.1. The Hall–Kier alpha value is -3.23. The van der Waals surface area contributed by atoms with Crippen molar-refractivity contribution in [2.24, 2.45) is 0 Å². The molecule has 2 aromatic carbocycles. The van der Waals surface area contributed by atoms with Gasteiger partial charge in [0.1, 0.15) is 11.5 Å². The van der Waals surface area contributed by atoms with Crippen LogP contribution in [0.5, 0.6) is 0 Å². The van der Waals surface area contributed by atoms with Gasteiger partial charge in [-0.25, -0.2) is 0 Å². The molecule has 0 fully saturated rings. The zero-order valence-electron chi connectivity index (χ0n) is 15.2. The number of alkyl halides is 3. The number of nitrogens with one attached hydrogen (secondary N) is 2. The summed E-state index contributed by atoms with van der Waals surface area (Å²) >= 11 is 5.93. The van der Waals surface area contributed by atoms with Crippen LogP contribution in [-0.4, -0.2) is 22.2 Å². The Balaban J connectivity index is 1.63. The molecular formula is C21H15ClF3N3O2. The van der Waals surface area contributed by atoms with Gasteiger partial charge in [-0.1, -0.05) is 23.7 Å². The van der Waals surface area contributed by atoms with Crippen molar-refractivity contribution in [3.63, 3.8) is 0 Å². The van der Waals surface area contributed by atoms with Crippen molar-refractivity contribution in [3.05, 3.63) is 82.5 Å². The maximum atomic E-state index is 12.8. The van der Waals surface area contributed by atoms with Crippen LogP contribution in [0.15, 0.2) is 60.7 Å². The number of hydrogen-bond acceptors (Lipinski definition) is 3. The number of carbonyl (C=O) groups excluding carboxylic acids is 1. The number of aliphatic hydroxyl groups is 1. The summed E-state index contributed by atoms with van der Waals surface area (Å²) in [6.45, 7) is 0. The topological polar surface area (TPSA) is 68.4 Å². The van der Waals surface area contributed by atoms with Gasteiger partial charge in [0.15, 0.2) is 6.23 Å². The summed E-state index contributed by atoms with van der Waals surface area (Å²) in [7, 11) is 0. The van der Waals surface area contributed by atoms with E-state index in [1.807, 2.05) is 0 Å². The molecule has 1 atom stereocenters. The first-order chi connectivity index (χ1) is 14.2. The molecule has 3 aromatic rings. The second kappa shape index (κ2) is 7.55. The summed E-state index contributed by atoms with van der Waals surface area (Å²) in [4.78, 5) is 17.0. The van der Waals surface area contributed by atoms with Crippen LogP contribution in [-0.2, 0) is 6.18 Å². The molecule has 0 aliphatic carbocycles. The SMILES string of the molecule is O=C(Nc1cccc(Cl)c1)c1cc2c([nH]1)N(c1ccc(C(F)(F)F)cc1)C(O)C=C2. The molecule has 0 spiro atoms. The summed E-state index contributed by atoms with van der Waals surface area (Å²) < 4.78 is 38.5. The highest BCUT2D eigenvalue weighted by molar-refractivity contribution is 6.31. The molecule has 1 aromatic heterocycles. The lowest BCUT2D eigenvalue weighted by Crippen LogP contribution is -2.31. The number of rotatable bonds is 3. The third-order valence-corrected chi connectivity index (χ3v) is 4.81. The molecule has 4 rings (SSSR count). The van der Waals surface area contributed by atoms with Crippen LogP contribution >= 0.6 is 11.6 Å². The third-order valence-electron chi connectivity index (χ3n) is 4.58. The fraction of sp³-hybridized carbons (Fsp3) is 0.0952. The van der Waals surface area contributed by atoms with Crippen LogP contribution < -0.4 is 10.2 Å². The van der Waals surface area contributed by atoms with Crippen molar-refractivity contribution in [1.82, 2.24) is 4.98 Å². The predicted molar refractivity (Wildman–Crippen MR) is 109 cm³/mol. The van der Waals surface area contributed by atoms with Gasteiger partial charge in [-0.15, -0.1) is 0 Å². The molecule has 154 valence electrons. The van der Waals surface area contributed by atoms with Gasteiger partial charge in [0, 0.05) is 22.0 Å². The molecule has 1 unspecified atom stereocenters. The molecule has 0 bridgehead atoms. The second-order valence-electron chi connectivity index (χ2n) is 6.64. The molecule has 2 heterocycles. The van der Waals surface area contributed by atoms with Crippen molar-refractivity contribution in [3.8, 4) is 0 Å². The summed E-state index contributed by atoms with van der Waals surface area (Å²) in [5.74, 6) is -0.0390. The van der Waals surface area contributed by atoms with E-state index in [4.69, 9.17) is 11.6 Å². The van der Waals surface area contributed by atoms with Crippen molar-refractivity contribution in [2.75, 3.05) is 10.2 Å². The molecule has 1 aliphatic heterocycles. The summed E-state index contributed by atoms with van der Waals surface area (Å²) in [5.41, 5.74) is 0.883. The average molecular weight is 434 g/mol. The number of anilines is 3. The number of hydrogen-bond donors (Lipinski definition) is 3. The number of aromatic nitrogens is 1. The first-order valence-corrected chi connectivity index (χ1v) is 9.23. The van der Waals surface area contributed by atoms with E-state index in [0.717, 1.165) is 12.1 Å². The summed E-state index contributed by atoms with van der Waals surface area (Å²) in [6.07, 6.45) is -2.46. The van der Waals surface area contributed by atoms with E-state index >= 15 is 0 Å². The molecule has 0 saturated heterocycles. The lowest BCUT2D eigenvalue weighted by molar-refractivity contribution is -0.137. The smallest absolute Gasteiger partial charge is 0.369 e. The zero-order valence-corrected chi connectivity index (χ0v) is 16.0. The quantitative estimate of drug-likeness (QED) is 0.516. The van der Waals surface area contributed by atoms with Crippen LogP contribution in [0, 0.1) is 0 Å². The summed E-state index contributed by atoms with van der Waals surface area (Å²) in [6, 6.07) is 12.7. The first-order valence-electron chi connectivity index (χ1n) is 8.85. The largest absolute Gasteiger partial charge is 0.416 e. The molecule has 9 heteroatoms. The predicted octanol–water partition coefficient (Wildman–Crippen LogP) is 5.42. The van der Waals surface area contributed by atoms with E-state index in [-0.39, 0.29) is 5.69 Å². The molecule has 0 saturated carbocycles. The Morgan fingerprint density at radius 2 is 1.87 bits per heavy atom. The van der Waals surface area contributed by atoms with Gasteiger partial charge in [-0.05, 0) is 54.6 Å². The van der Waals surface area contributed by atoms with E-state index in [1.165, 1.54) is 23.1 Å². The van der Waals surface area contributed by atoms with Gasteiger partial charge >= 0.3 is 6.18 Å². The highest BCUT2D eigenvalue weighted by atomic mass is 35.5. The van der Waals surface area contributed by atoms with E-state index in [9.17, 15) is 23.1 Å². The monoisotopic (exact) mass is 433 g/mol. The van der Waals surface area contributed by atoms with Gasteiger partial charge in [0.05, 0.1) is 5.56 Å². The molecule has 30 heavy (non-hydrogen) atoms. The number of nitrogens with zero attached hydrogens (tertiary/aromatic N) is 1. The molecule has 3 N–H and O–H groups in total. The average Bonchev–Trinajstić information content (AvgIpc) is 3.12. The van der Waals surface area contributed by atoms with Crippen molar-refractivity contribution >= 4 is 40.8 Å². The van der Waals surface area contributed by atoms with Gasteiger partial charge in [-0.3, -0.25) is 9.69 Å². The third kappa shape index (κ3) is 3.92. The Morgan fingerprint density at radius 3 is 2.53 bits per heavy atom. The second-order valence-corrected chi connectivity index (χ2v) is 7.08. The number of amides is 1. The number of H-pyrrole nitrogens is 1. The minimum atomic E-state index is -4.46. The Kier molecular flexibility index (Phi) is 5.05. The van der Waals surface area contributed by atoms with Gasteiger partial charge < -0.3 is 15.4 Å². The van der Waals surface area contributed by atoms with Crippen LogP contribution in [0.4, 0.5) is 30.4 Å². The maximum Gasteiger partial charge on any atom is 0.416 e. The van der Waals surface area contributed by atoms with Crippen LogP contribution in [0.3, 0.4) is 0 Å². The first kappa shape index (κ1) is 20.1. The normalized spacial score (nSPS) is 15.8. The van der Waals surface area contributed by atoms with E-state index in [1.54, 1.807) is 36.4 Å². The molecule has 5 nitrogen and oxygen atoms in total. The lowest BCUT2D eigenvalue weighted by Gasteiger charge is -2.30. The van der Waals surface area contributed by atoms with Crippen LogP contribution in [0.2, 0.25) is 5.02 Å². The van der Waals surface area contributed by atoms with Gasteiger partial charge in [0.25, 0.3) is 5.91 Å². The number of benzene rings is 2. The molecular weight excluding hydrogens is 419 g/mol. The Bertz CT molecular complexity index is 1120. The van der Waals surface area contributed by atoms with Crippen molar-refractivity contribution in [1.29, 1.82) is 0 Å². The molecule has 0 radical (unpaired) electrons. The zero-order chi connectivity index (χ0) is 21.5. The molecule has 1 aliphatic rings. The van der Waals surface area contributed by atoms with Gasteiger partial charge in [0.2, 0.25) is 0 Å². The summed E-state index contributed by atoms with van der Waals surface area (Å²) in [5, 5.41) is 13.6. The highest BCUT2D eigenvalue weighted by Gasteiger charge is 2.31. The highest BCUT2D eigenvalue weighted by Crippen LogP contribution is 2.37. The minimum Gasteiger partial charge on any atom is -0.369 e. The fourth-order valence-corrected chi connectivity index (χ4v) is 3.36. The van der Waals surface area contributed by atoms with Gasteiger partial charge in [-0.2, -0.15) is 13.2 Å². The number of halogens is 4. The van der Waals surface area contributed by atoms with Crippen molar-refractivity contribution in [2.45, 2.75) is 12.4 Å². The maximum absolute atomic E-state index is 12.8. The number of fused-ring (bicyclic) bond motifs is 1. The van der Waals surface area contributed by atoms with Crippen LogP contribution in [0.1, 0.15) is 21.6 Å². The number of carbonyl (C=O) groups is 1. The van der Waals surface area contributed by atoms with Crippen LogP contribution in [0.25, 0.3) is 6.08 Å². The number of aromatic amines is 1. The van der Waals surface area contributed by atoms with E-state index in [2.05, 4.69) is 10.3 Å². The Labute approximate surface area is 174 Å². The van der Waals surface area contributed by atoms with E-state index in [0.29, 0.717) is 27.8 Å². The standard InChI is InChI=1S/C21H15ClF3N3O2/c22-14-2-1-3-15(11-14)26-20(30)17-10-12-4-9-18(29)28(19(12)27-17)16-7-5-13(6-8-16)21(23,24)25/h1-11,18,27,29H,(H,26,30). The van der Waals surface area contributed by atoms with Crippen molar-refractivity contribution < 1.29 is 23.1 Å². The molecule has 1 amide bonds. The Morgan fingerprint density at radius 1 is 1.13 bits per heavy atom. The number of aliphatic hydroxyl groups excluding tert-OH is 1. The minimum absolute atomic E-state index is 0.218. The van der Waals surface area contributed by atoms with E-state index < -0.39 is 23.9 Å². The fourth-order valence-electron chi connectivity index (χ4n) is 3.17.